The lowest BCUT2D eigenvalue weighted by Gasteiger charge is -2.31. The lowest BCUT2D eigenvalue weighted by atomic mass is 9.79. The summed E-state index contributed by atoms with van der Waals surface area (Å²) in [6.07, 6.45) is 4.84. The van der Waals surface area contributed by atoms with Crippen LogP contribution in [0.4, 0.5) is 0 Å². The van der Waals surface area contributed by atoms with Crippen LogP contribution in [0.25, 0.3) is 0 Å². The Kier molecular flexibility index (Phi) is 6.82. The molecule has 0 bridgehead atoms. The highest BCUT2D eigenvalue weighted by atomic mass is 127. The summed E-state index contributed by atoms with van der Waals surface area (Å²) >= 11 is 1.99. The number of rotatable bonds is 3. The van der Waals surface area contributed by atoms with Gasteiger partial charge in [-0.3, -0.25) is 4.99 Å². The average molecular weight is 489 g/mol. The molecule has 2 N–H and O–H groups in total. The fourth-order valence-electron chi connectivity index (χ4n) is 4.09. The molecule has 2 aliphatic heterocycles. The van der Waals surface area contributed by atoms with Crippen LogP contribution in [0.3, 0.4) is 0 Å². The molecule has 144 valence electrons. The monoisotopic (exact) mass is 489 g/mol. The second-order valence-corrected chi connectivity index (χ2v) is 8.34. The second-order valence-electron chi connectivity index (χ2n) is 7.12. The van der Waals surface area contributed by atoms with Crippen molar-refractivity contribution in [2.45, 2.75) is 31.1 Å². The highest BCUT2D eigenvalue weighted by Gasteiger charge is 2.36. The summed E-state index contributed by atoms with van der Waals surface area (Å²) in [7, 11) is 0. The van der Waals surface area contributed by atoms with Crippen LogP contribution in [0, 0.1) is 0 Å². The first-order chi connectivity index (χ1) is 12.3. The molecule has 0 unspecified atom stereocenters. The van der Waals surface area contributed by atoms with Crippen molar-refractivity contribution in [2.75, 3.05) is 44.4 Å². The van der Waals surface area contributed by atoms with E-state index in [0.29, 0.717) is 19.2 Å². The first-order valence-electron chi connectivity index (χ1n) is 9.30. The molecule has 1 aromatic carbocycles. The van der Waals surface area contributed by atoms with Crippen molar-refractivity contribution in [2.24, 2.45) is 10.7 Å². The predicted molar refractivity (Wildman–Crippen MR) is 118 cm³/mol. The number of fused-ring (bicyclic) bond motifs is 1. The molecule has 3 aliphatic rings. The van der Waals surface area contributed by atoms with E-state index in [1.807, 2.05) is 11.8 Å². The molecule has 0 spiro atoms. The highest BCUT2D eigenvalue weighted by molar-refractivity contribution is 14.0. The molecule has 26 heavy (non-hydrogen) atoms. The zero-order chi connectivity index (χ0) is 17.1. The molecule has 2 heterocycles. The Morgan fingerprint density at radius 2 is 1.81 bits per heavy atom. The summed E-state index contributed by atoms with van der Waals surface area (Å²) < 4.78 is 11.5. The molecule has 4 rings (SSSR count). The topological polar surface area (TPSA) is 60.1 Å². The number of benzene rings is 1. The zero-order valence-electron chi connectivity index (χ0n) is 15.1. The van der Waals surface area contributed by atoms with E-state index < -0.39 is 0 Å². The Bertz CT molecular complexity index is 644. The molecule has 5 nitrogen and oxygen atoms in total. The van der Waals surface area contributed by atoms with E-state index in [4.69, 9.17) is 20.2 Å². The molecular weight excluding hydrogens is 461 g/mol. The molecular formula is C19H28IN3O2S. The van der Waals surface area contributed by atoms with Crippen molar-refractivity contribution in [3.63, 3.8) is 0 Å². The van der Waals surface area contributed by atoms with E-state index in [9.17, 15) is 0 Å². The predicted octanol–water partition coefficient (Wildman–Crippen LogP) is 3.25. The van der Waals surface area contributed by atoms with Crippen LogP contribution >= 0.6 is 35.7 Å². The van der Waals surface area contributed by atoms with Gasteiger partial charge < -0.3 is 20.1 Å². The third kappa shape index (κ3) is 4.18. The number of aliphatic imine (C=N–C) groups is 1. The minimum Gasteiger partial charge on any atom is -0.486 e. The van der Waals surface area contributed by atoms with Crippen molar-refractivity contribution in [3.8, 4) is 11.5 Å². The largest absolute Gasteiger partial charge is 0.486 e. The molecule has 1 aliphatic carbocycles. The lowest BCUT2D eigenvalue weighted by Crippen LogP contribution is -2.43. The van der Waals surface area contributed by atoms with Crippen LogP contribution in [0.2, 0.25) is 0 Å². The van der Waals surface area contributed by atoms with E-state index in [1.54, 1.807) is 0 Å². The van der Waals surface area contributed by atoms with Gasteiger partial charge >= 0.3 is 0 Å². The molecule has 0 aromatic heterocycles. The van der Waals surface area contributed by atoms with Crippen molar-refractivity contribution >= 4 is 41.7 Å². The summed E-state index contributed by atoms with van der Waals surface area (Å²) in [4.78, 5) is 7.05. The molecule has 0 atom stereocenters. The number of nitrogens with zero attached hydrogens (tertiary/aromatic N) is 2. The summed E-state index contributed by atoms with van der Waals surface area (Å²) in [5.41, 5.74) is 7.70. The summed E-state index contributed by atoms with van der Waals surface area (Å²) in [5.74, 6) is 4.73. The highest BCUT2D eigenvalue weighted by Crippen LogP contribution is 2.44. The first-order valence-corrected chi connectivity index (χ1v) is 10.5. The van der Waals surface area contributed by atoms with Gasteiger partial charge in [-0.05, 0) is 30.5 Å². The van der Waals surface area contributed by atoms with E-state index in [-0.39, 0.29) is 29.4 Å². The first kappa shape index (κ1) is 19.9. The number of hydrogen-bond donors (Lipinski definition) is 1. The minimum atomic E-state index is 0. The number of nitrogens with two attached hydrogens (primary N) is 1. The van der Waals surface area contributed by atoms with Crippen LogP contribution in [0.5, 0.6) is 11.5 Å². The van der Waals surface area contributed by atoms with Crippen molar-refractivity contribution in [1.82, 2.24) is 4.90 Å². The maximum atomic E-state index is 6.30. The lowest BCUT2D eigenvalue weighted by molar-refractivity contribution is 0.171. The van der Waals surface area contributed by atoms with Gasteiger partial charge in [0.05, 0.1) is 6.54 Å². The third-order valence-electron chi connectivity index (χ3n) is 5.59. The smallest absolute Gasteiger partial charge is 0.191 e. The molecule has 0 radical (unpaired) electrons. The molecule has 1 aromatic rings. The van der Waals surface area contributed by atoms with Crippen LogP contribution in [-0.2, 0) is 5.41 Å². The van der Waals surface area contributed by atoms with Crippen molar-refractivity contribution < 1.29 is 9.47 Å². The van der Waals surface area contributed by atoms with Gasteiger partial charge in [0.1, 0.15) is 13.2 Å². The summed E-state index contributed by atoms with van der Waals surface area (Å²) in [5, 5.41) is 0. The molecule has 2 fully saturated rings. The number of hydrogen-bond acceptors (Lipinski definition) is 4. The van der Waals surface area contributed by atoms with Gasteiger partial charge in [-0.25, -0.2) is 0 Å². The van der Waals surface area contributed by atoms with Crippen LogP contribution in [0.1, 0.15) is 31.2 Å². The van der Waals surface area contributed by atoms with Gasteiger partial charge in [-0.2, -0.15) is 11.8 Å². The zero-order valence-corrected chi connectivity index (χ0v) is 18.3. The van der Waals surface area contributed by atoms with Gasteiger partial charge in [0.2, 0.25) is 0 Å². The van der Waals surface area contributed by atoms with Crippen LogP contribution < -0.4 is 15.2 Å². The normalized spacial score (nSPS) is 22.0. The number of thioether (sulfide) groups is 1. The summed E-state index contributed by atoms with van der Waals surface area (Å²) in [6.45, 7) is 4.05. The van der Waals surface area contributed by atoms with Gasteiger partial charge in [0, 0.05) is 30.0 Å². The average Bonchev–Trinajstić information content (AvgIpc) is 3.16. The molecule has 1 saturated carbocycles. The SMILES string of the molecule is I.NC(=NCC1(c2ccc3c(c2)OCCO3)CCCC1)N1CCSCC1. The fourth-order valence-corrected chi connectivity index (χ4v) is 4.99. The van der Waals surface area contributed by atoms with Gasteiger partial charge in [0.25, 0.3) is 0 Å². The van der Waals surface area contributed by atoms with E-state index in [0.717, 1.165) is 42.6 Å². The Labute approximate surface area is 177 Å². The molecule has 0 amide bonds. The Balaban J connectivity index is 0.00000196. The Morgan fingerprint density at radius 3 is 2.54 bits per heavy atom. The van der Waals surface area contributed by atoms with E-state index >= 15 is 0 Å². The van der Waals surface area contributed by atoms with E-state index in [2.05, 4.69) is 23.1 Å². The molecule has 1 saturated heterocycles. The summed E-state index contributed by atoms with van der Waals surface area (Å²) in [6, 6.07) is 6.42. The standard InChI is InChI=1S/C19H27N3O2S.HI/c20-18(22-7-11-25-12-8-22)21-14-19(5-1-2-6-19)15-3-4-16-17(13-15)24-10-9-23-16;/h3-4,13H,1-2,5-12,14H2,(H2,20,21);1H. The maximum Gasteiger partial charge on any atom is 0.191 e. The minimum absolute atomic E-state index is 0. The quantitative estimate of drug-likeness (QED) is 0.402. The van der Waals surface area contributed by atoms with Gasteiger partial charge in [-0.15, -0.1) is 24.0 Å². The number of ether oxygens (including phenoxy) is 2. The van der Waals surface area contributed by atoms with Gasteiger partial charge in [0.15, 0.2) is 17.5 Å². The maximum absolute atomic E-state index is 6.30. The molecule has 7 heteroatoms. The second kappa shape index (κ2) is 8.91. The van der Waals surface area contributed by atoms with Crippen LogP contribution in [-0.4, -0.2) is 55.2 Å². The van der Waals surface area contributed by atoms with Crippen molar-refractivity contribution in [1.29, 1.82) is 0 Å². The van der Waals surface area contributed by atoms with E-state index in [1.165, 1.54) is 31.2 Å². The van der Waals surface area contributed by atoms with Crippen molar-refractivity contribution in [3.05, 3.63) is 23.8 Å². The fraction of sp³-hybridized carbons (Fsp3) is 0.632. The Hall–Kier alpha value is -0.830. The Morgan fingerprint density at radius 1 is 1.12 bits per heavy atom. The number of halogens is 1. The van der Waals surface area contributed by atoms with Gasteiger partial charge in [-0.1, -0.05) is 18.9 Å². The number of guanidine groups is 1. The third-order valence-corrected chi connectivity index (χ3v) is 6.54. The van der Waals surface area contributed by atoms with Crippen LogP contribution in [0.15, 0.2) is 23.2 Å².